The van der Waals surface area contributed by atoms with E-state index in [-0.39, 0.29) is 24.0 Å². The number of carbonyl (C=O) groups excluding carboxylic acids is 1. The van der Waals surface area contributed by atoms with Crippen LogP contribution in [0.3, 0.4) is 0 Å². The van der Waals surface area contributed by atoms with Crippen molar-refractivity contribution in [1.29, 1.82) is 0 Å². The van der Waals surface area contributed by atoms with Gasteiger partial charge in [0.1, 0.15) is 0 Å². The lowest BCUT2D eigenvalue weighted by Gasteiger charge is -2.09. The van der Waals surface area contributed by atoms with Crippen molar-refractivity contribution in [2.75, 3.05) is 20.3 Å². The van der Waals surface area contributed by atoms with Crippen LogP contribution in [-0.2, 0) is 16.1 Å². The topological polar surface area (TPSA) is 47.6 Å². The maximum absolute atomic E-state index is 13.8. The van der Waals surface area contributed by atoms with Gasteiger partial charge in [0.05, 0.1) is 13.7 Å². The highest BCUT2D eigenvalue weighted by atomic mass is 19.1. The summed E-state index contributed by atoms with van der Waals surface area (Å²) in [4.78, 5) is 10.9. The average molecular weight is 283 g/mol. The predicted octanol–water partition coefficient (Wildman–Crippen LogP) is 2.66. The maximum Gasteiger partial charge on any atom is 0.305 e. The minimum atomic E-state index is -0.376. The summed E-state index contributed by atoms with van der Waals surface area (Å²) in [6.45, 7) is 3.93. The fraction of sp³-hybridized carbons (Fsp3) is 0.533. The van der Waals surface area contributed by atoms with Crippen molar-refractivity contribution in [3.8, 4) is 5.75 Å². The predicted molar refractivity (Wildman–Crippen MR) is 75.1 cm³/mol. The first-order valence-electron chi connectivity index (χ1n) is 6.86. The molecule has 0 saturated heterocycles. The molecule has 1 aromatic carbocycles. The van der Waals surface area contributed by atoms with Crippen LogP contribution in [0.5, 0.6) is 5.75 Å². The van der Waals surface area contributed by atoms with E-state index in [1.54, 1.807) is 6.07 Å². The molecule has 0 aliphatic heterocycles. The van der Waals surface area contributed by atoms with Crippen LogP contribution in [0.4, 0.5) is 4.39 Å². The van der Waals surface area contributed by atoms with Gasteiger partial charge in [0.2, 0.25) is 0 Å². The van der Waals surface area contributed by atoms with Crippen LogP contribution < -0.4 is 10.1 Å². The van der Waals surface area contributed by atoms with E-state index in [1.807, 2.05) is 6.07 Å². The van der Waals surface area contributed by atoms with Crippen LogP contribution in [-0.4, -0.2) is 26.2 Å². The number of carbonyl (C=O) groups is 1. The molecule has 0 aromatic heterocycles. The highest BCUT2D eigenvalue weighted by Crippen LogP contribution is 2.18. The van der Waals surface area contributed by atoms with E-state index in [1.165, 1.54) is 13.2 Å². The molecule has 0 spiro atoms. The Hall–Kier alpha value is -1.62. The highest BCUT2D eigenvalue weighted by Gasteiger charge is 2.06. The first-order chi connectivity index (χ1) is 9.67. The Balaban J connectivity index is 2.37. The second-order valence-corrected chi connectivity index (χ2v) is 4.47. The first kappa shape index (κ1) is 16.4. The lowest BCUT2D eigenvalue weighted by molar-refractivity contribution is -0.140. The SMILES string of the molecule is CCCNCc1ccc(OCCCC(=O)OC)c(F)c1. The number of rotatable bonds is 9. The number of esters is 1. The molecule has 0 aliphatic carbocycles. The summed E-state index contributed by atoms with van der Waals surface area (Å²) >= 11 is 0. The van der Waals surface area contributed by atoms with Crippen LogP contribution in [0.1, 0.15) is 31.7 Å². The Morgan fingerprint density at radius 2 is 2.20 bits per heavy atom. The summed E-state index contributed by atoms with van der Waals surface area (Å²) in [5.41, 5.74) is 0.887. The van der Waals surface area contributed by atoms with Crippen molar-refractivity contribution >= 4 is 5.97 Å². The molecule has 0 saturated carbocycles. The number of nitrogens with one attached hydrogen (secondary N) is 1. The van der Waals surface area contributed by atoms with E-state index in [0.29, 0.717) is 19.6 Å². The van der Waals surface area contributed by atoms with Gasteiger partial charge >= 0.3 is 5.97 Å². The van der Waals surface area contributed by atoms with E-state index in [2.05, 4.69) is 17.0 Å². The van der Waals surface area contributed by atoms with Crippen LogP contribution in [0, 0.1) is 5.82 Å². The molecule has 0 fully saturated rings. The Morgan fingerprint density at radius 3 is 2.85 bits per heavy atom. The summed E-state index contributed by atoms with van der Waals surface area (Å²) in [5, 5.41) is 3.21. The number of ether oxygens (including phenoxy) is 2. The van der Waals surface area contributed by atoms with Gasteiger partial charge in [-0.1, -0.05) is 13.0 Å². The standard InChI is InChI=1S/C15H22FNO3/c1-3-8-17-11-12-6-7-14(13(16)10-12)20-9-4-5-15(18)19-2/h6-7,10,17H,3-5,8-9,11H2,1-2H3. The Kier molecular flexibility index (Phi) is 7.65. The molecule has 4 nitrogen and oxygen atoms in total. The Labute approximate surface area is 119 Å². The summed E-state index contributed by atoms with van der Waals surface area (Å²) in [6.07, 6.45) is 1.83. The molecule has 0 amide bonds. The van der Waals surface area contributed by atoms with E-state index >= 15 is 0 Å². The van der Waals surface area contributed by atoms with Gasteiger partial charge in [-0.15, -0.1) is 0 Å². The van der Waals surface area contributed by atoms with E-state index in [4.69, 9.17) is 4.74 Å². The largest absolute Gasteiger partial charge is 0.491 e. The number of halogens is 1. The molecular weight excluding hydrogens is 261 g/mol. The van der Waals surface area contributed by atoms with Crippen LogP contribution in [0.2, 0.25) is 0 Å². The Morgan fingerprint density at radius 1 is 1.40 bits per heavy atom. The van der Waals surface area contributed by atoms with Gasteiger partial charge in [-0.25, -0.2) is 4.39 Å². The first-order valence-corrected chi connectivity index (χ1v) is 6.86. The third-order valence-electron chi connectivity index (χ3n) is 2.76. The fourth-order valence-corrected chi connectivity index (χ4v) is 1.68. The molecule has 0 heterocycles. The summed E-state index contributed by atoms with van der Waals surface area (Å²) in [6, 6.07) is 4.93. The molecule has 0 radical (unpaired) electrons. The zero-order chi connectivity index (χ0) is 14.8. The van der Waals surface area contributed by atoms with E-state index in [9.17, 15) is 9.18 Å². The third kappa shape index (κ3) is 6.02. The van der Waals surface area contributed by atoms with Gasteiger partial charge in [-0.05, 0) is 37.1 Å². The fourth-order valence-electron chi connectivity index (χ4n) is 1.68. The molecule has 1 N–H and O–H groups in total. The molecular formula is C15H22FNO3. The second kappa shape index (κ2) is 9.31. The minimum Gasteiger partial charge on any atom is -0.491 e. The van der Waals surface area contributed by atoms with Gasteiger partial charge in [-0.2, -0.15) is 0 Å². The van der Waals surface area contributed by atoms with Crippen molar-refractivity contribution in [2.45, 2.75) is 32.7 Å². The van der Waals surface area contributed by atoms with E-state index in [0.717, 1.165) is 18.5 Å². The van der Waals surface area contributed by atoms with Gasteiger partial charge in [0.15, 0.2) is 11.6 Å². The molecule has 0 aliphatic rings. The molecule has 112 valence electrons. The third-order valence-corrected chi connectivity index (χ3v) is 2.76. The van der Waals surface area contributed by atoms with Crippen LogP contribution in [0.15, 0.2) is 18.2 Å². The smallest absolute Gasteiger partial charge is 0.305 e. The van der Waals surface area contributed by atoms with Crippen molar-refractivity contribution in [2.24, 2.45) is 0 Å². The minimum absolute atomic E-state index is 0.217. The van der Waals surface area contributed by atoms with Gasteiger partial charge in [0, 0.05) is 13.0 Å². The lowest BCUT2D eigenvalue weighted by atomic mass is 10.2. The monoisotopic (exact) mass is 283 g/mol. The lowest BCUT2D eigenvalue weighted by Crippen LogP contribution is -2.14. The quantitative estimate of drug-likeness (QED) is 0.559. The van der Waals surface area contributed by atoms with Crippen LogP contribution in [0.25, 0.3) is 0 Å². The molecule has 0 bridgehead atoms. The van der Waals surface area contributed by atoms with Crippen molar-refractivity contribution < 1.29 is 18.7 Å². The molecule has 0 atom stereocenters. The number of methoxy groups -OCH3 is 1. The van der Waals surface area contributed by atoms with Crippen molar-refractivity contribution in [3.05, 3.63) is 29.6 Å². The average Bonchev–Trinajstić information content (AvgIpc) is 2.45. The van der Waals surface area contributed by atoms with Gasteiger partial charge < -0.3 is 14.8 Å². The zero-order valence-corrected chi connectivity index (χ0v) is 12.1. The maximum atomic E-state index is 13.8. The normalized spacial score (nSPS) is 10.3. The van der Waals surface area contributed by atoms with Crippen LogP contribution >= 0.6 is 0 Å². The van der Waals surface area contributed by atoms with Crippen molar-refractivity contribution in [1.82, 2.24) is 5.32 Å². The number of benzene rings is 1. The number of hydrogen-bond donors (Lipinski definition) is 1. The highest BCUT2D eigenvalue weighted by molar-refractivity contribution is 5.69. The van der Waals surface area contributed by atoms with Crippen molar-refractivity contribution in [3.63, 3.8) is 0 Å². The number of hydrogen-bond acceptors (Lipinski definition) is 4. The molecule has 1 aromatic rings. The summed E-state index contributed by atoms with van der Waals surface area (Å²) < 4.78 is 23.6. The Bertz CT molecular complexity index is 424. The molecule has 0 unspecified atom stereocenters. The molecule has 20 heavy (non-hydrogen) atoms. The molecule has 5 heteroatoms. The molecule has 1 rings (SSSR count). The second-order valence-electron chi connectivity index (χ2n) is 4.47. The summed E-state index contributed by atoms with van der Waals surface area (Å²) in [5.74, 6) is -0.445. The zero-order valence-electron chi connectivity index (χ0n) is 12.1. The summed E-state index contributed by atoms with van der Waals surface area (Å²) in [7, 11) is 1.34. The van der Waals surface area contributed by atoms with E-state index < -0.39 is 0 Å². The van der Waals surface area contributed by atoms with Gasteiger partial charge in [-0.3, -0.25) is 4.79 Å². The van der Waals surface area contributed by atoms with Gasteiger partial charge in [0.25, 0.3) is 0 Å².